The first-order chi connectivity index (χ1) is 8.40. The number of carbonyl (C=O) groups is 1. The van der Waals surface area contributed by atoms with Gasteiger partial charge >= 0.3 is 16.2 Å². The Balaban J connectivity index is 2.17. The summed E-state index contributed by atoms with van der Waals surface area (Å²) >= 11 is 0. The zero-order valence-corrected chi connectivity index (χ0v) is 10.6. The van der Waals surface area contributed by atoms with Gasteiger partial charge in [0.2, 0.25) is 0 Å². The number of aromatic carboxylic acids is 1. The van der Waals surface area contributed by atoms with Crippen LogP contribution in [0.5, 0.6) is 0 Å². The SMILES string of the molecule is CN(c1ccc(C(=O)O)cc1)S(=O)(=O)NC1CC1. The van der Waals surface area contributed by atoms with E-state index in [0.29, 0.717) is 5.69 Å². The Morgan fingerprint density at radius 1 is 1.33 bits per heavy atom. The Hall–Kier alpha value is -1.60. The van der Waals surface area contributed by atoms with Crippen LogP contribution in [-0.4, -0.2) is 32.6 Å². The molecule has 0 saturated heterocycles. The van der Waals surface area contributed by atoms with Crippen molar-refractivity contribution in [3.8, 4) is 0 Å². The molecular formula is C11H14N2O4S. The van der Waals surface area contributed by atoms with E-state index in [1.165, 1.54) is 31.3 Å². The number of carboxylic acid groups (broad SMARTS) is 1. The summed E-state index contributed by atoms with van der Waals surface area (Å²) in [5, 5.41) is 8.76. The van der Waals surface area contributed by atoms with Crippen molar-refractivity contribution in [2.75, 3.05) is 11.4 Å². The summed E-state index contributed by atoms with van der Waals surface area (Å²) in [4.78, 5) is 10.7. The van der Waals surface area contributed by atoms with Gasteiger partial charge in [0.05, 0.1) is 11.3 Å². The maximum atomic E-state index is 11.9. The second-order valence-electron chi connectivity index (χ2n) is 4.22. The van der Waals surface area contributed by atoms with Gasteiger partial charge in [-0.05, 0) is 37.1 Å². The van der Waals surface area contributed by atoms with Gasteiger partial charge in [0.25, 0.3) is 0 Å². The average Bonchev–Trinajstić information content (AvgIpc) is 3.11. The second kappa shape index (κ2) is 4.58. The monoisotopic (exact) mass is 270 g/mol. The van der Waals surface area contributed by atoms with Gasteiger partial charge < -0.3 is 5.11 Å². The first kappa shape index (κ1) is 12.8. The fourth-order valence-electron chi connectivity index (χ4n) is 1.44. The minimum Gasteiger partial charge on any atom is -0.478 e. The van der Waals surface area contributed by atoms with E-state index in [1.807, 2.05) is 0 Å². The smallest absolute Gasteiger partial charge is 0.335 e. The number of anilines is 1. The molecule has 1 aromatic rings. The van der Waals surface area contributed by atoms with Crippen LogP contribution < -0.4 is 9.03 Å². The lowest BCUT2D eigenvalue weighted by Gasteiger charge is -2.19. The number of hydrogen-bond donors (Lipinski definition) is 2. The number of rotatable bonds is 5. The van der Waals surface area contributed by atoms with Crippen LogP contribution >= 0.6 is 0 Å². The molecule has 2 N–H and O–H groups in total. The lowest BCUT2D eigenvalue weighted by molar-refractivity contribution is 0.0697. The molecule has 1 fully saturated rings. The Labute approximate surface area is 105 Å². The Kier molecular flexibility index (Phi) is 3.27. The molecule has 1 aliphatic carbocycles. The number of carboxylic acids is 1. The molecule has 0 aliphatic heterocycles. The highest BCUT2D eigenvalue weighted by atomic mass is 32.2. The van der Waals surface area contributed by atoms with Crippen molar-refractivity contribution in [3.05, 3.63) is 29.8 Å². The van der Waals surface area contributed by atoms with E-state index in [1.54, 1.807) is 0 Å². The maximum Gasteiger partial charge on any atom is 0.335 e. The van der Waals surface area contributed by atoms with Crippen LogP contribution in [0, 0.1) is 0 Å². The highest BCUT2D eigenvalue weighted by Crippen LogP contribution is 2.22. The van der Waals surface area contributed by atoms with E-state index in [-0.39, 0.29) is 11.6 Å². The molecule has 1 aromatic carbocycles. The quantitative estimate of drug-likeness (QED) is 0.829. The van der Waals surface area contributed by atoms with Gasteiger partial charge in [-0.25, -0.2) is 4.79 Å². The lowest BCUT2D eigenvalue weighted by Crippen LogP contribution is -2.39. The number of benzene rings is 1. The summed E-state index contributed by atoms with van der Waals surface area (Å²) in [6, 6.07) is 5.73. The zero-order chi connectivity index (χ0) is 13.3. The van der Waals surface area contributed by atoms with Crippen LogP contribution in [0.4, 0.5) is 5.69 Å². The summed E-state index contributed by atoms with van der Waals surface area (Å²) in [6.07, 6.45) is 1.73. The maximum absolute atomic E-state index is 11.9. The highest BCUT2D eigenvalue weighted by Gasteiger charge is 2.29. The zero-order valence-electron chi connectivity index (χ0n) is 9.83. The molecule has 0 heterocycles. The Morgan fingerprint density at radius 2 is 1.89 bits per heavy atom. The molecule has 0 amide bonds. The third kappa shape index (κ3) is 2.80. The third-order valence-corrected chi connectivity index (χ3v) is 4.29. The third-order valence-electron chi connectivity index (χ3n) is 2.73. The Bertz CT molecular complexity index is 549. The fraction of sp³-hybridized carbons (Fsp3) is 0.364. The van der Waals surface area contributed by atoms with Crippen molar-refractivity contribution in [1.29, 1.82) is 0 Å². The van der Waals surface area contributed by atoms with Crippen molar-refractivity contribution in [3.63, 3.8) is 0 Å². The summed E-state index contributed by atoms with van der Waals surface area (Å²) in [5.74, 6) is -1.04. The van der Waals surface area contributed by atoms with Crippen LogP contribution in [0.2, 0.25) is 0 Å². The molecule has 2 rings (SSSR count). The van der Waals surface area contributed by atoms with E-state index in [0.717, 1.165) is 17.1 Å². The van der Waals surface area contributed by atoms with Gasteiger partial charge in [0.15, 0.2) is 0 Å². The van der Waals surface area contributed by atoms with Crippen LogP contribution in [0.3, 0.4) is 0 Å². The normalized spacial score (nSPS) is 15.4. The summed E-state index contributed by atoms with van der Waals surface area (Å²) < 4.78 is 27.5. The van der Waals surface area contributed by atoms with E-state index in [4.69, 9.17) is 5.11 Å². The van der Waals surface area contributed by atoms with Crippen molar-refractivity contribution in [2.24, 2.45) is 0 Å². The predicted octanol–water partition coefficient (Wildman–Crippen LogP) is 0.818. The molecule has 0 unspecified atom stereocenters. The topological polar surface area (TPSA) is 86.7 Å². The number of nitrogens with zero attached hydrogens (tertiary/aromatic N) is 1. The summed E-state index contributed by atoms with van der Waals surface area (Å²) in [7, 11) is -2.12. The van der Waals surface area contributed by atoms with Crippen LogP contribution in [0.25, 0.3) is 0 Å². The molecule has 0 atom stereocenters. The first-order valence-electron chi connectivity index (χ1n) is 5.50. The van der Waals surface area contributed by atoms with Gasteiger partial charge in [-0.3, -0.25) is 4.31 Å². The van der Waals surface area contributed by atoms with Crippen LogP contribution in [0.1, 0.15) is 23.2 Å². The van der Waals surface area contributed by atoms with Gasteiger partial charge in [-0.15, -0.1) is 0 Å². The van der Waals surface area contributed by atoms with Gasteiger partial charge in [-0.1, -0.05) is 0 Å². The van der Waals surface area contributed by atoms with E-state index >= 15 is 0 Å². The molecule has 98 valence electrons. The van der Waals surface area contributed by atoms with Crippen molar-refractivity contribution < 1.29 is 18.3 Å². The molecule has 7 heteroatoms. The molecule has 0 aromatic heterocycles. The minimum atomic E-state index is -3.55. The van der Waals surface area contributed by atoms with Crippen molar-refractivity contribution in [2.45, 2.75) is 18.9 Å². The lowest BCUT2D eigenvalue weighted by atomic mass is 10.2. The van der Waals surface area contributed by atoms with Gasteiger partial charge in [0, 0.05) is 13.1 Å². The van der Waals surface area contributed by atoms with Crippen molar-refractivity contribution in [1.82, 2.24) is 4.72 Å². The molecule has 6 nitrogen and oxygen atoms in total. The molecule has 0 radical (unpaired) electrons. The number of nitrogens with one attached hydrogen (secondary N) is 1. The molecule has 18 heavy (non-hydrogen) atoms. The van der Waals surface area contributed by atoms with Crippen LogP contribution in [-0.2, 0) is 10.2 Å². The second-order valence-corrected chi connectivity index (χ2v) is 5.95. The van der Waals surface area contributed by atoms with Gasteiger partial charge in [0.1, 0.15) is 0 Å². The largest absolute Gasteiger partial charge is 0.478 e. The average molecular weight is 270 g/mol. The molecule has 1 saturated carbocycles. The Morgan fingerprint density at radius 3 is 2.33 bits per heavy atom. The van der Waals surface area contributed by atoms with E-state index < -0.39 is 16.2 Å². The van der Waals surface area contributed by atoms with Crippen molar-refractivity contribution >= 4 is 21.9 Å². The van der Waals surface area contributed by atoms with E-state index in [9.17, 15) is 13.2 Å². The standard InChI is InChI=1S/C11H14N2O4S/c1-13(18(16,17)12-9-4-5-9)10-6-2-8(3-7-10)11(14)15/h2-3,6-7,9,12H,4-5H2,1H3,(H,14,15). The summed E-state index contributed by atoms with van der Waals surface area (Å²) in [6.45, 7) is 0. The highest BCUT2D eigenvalue weighted by molar-refractivity contribution is 7.90. The van der Waals surface area contributed by atoms with Gasteiger partial charge in [-0.2, -0.15) is 13.1 Å². The molecular weight excluding hydrogens is 256 g/mol. The van der Waals surface area contributed by atoms with Crippen LogP contribution in [0.15, 0.2) is 24.3 Å². The number of hydrogen-bond acceptors (Lipinski definition) is 3. The molecule has 1 aliphatic rings. The first-order valence-corrected chi connectivity index (χ1v) is 6.94. The minimum absolute atomic E-state index is 0.0377. The van der Waals surface area contributed by atoms with E-state index in [2.05, 4.69) is 4.72 Å². The summed E-state index contributed by atoms with van der Waals surface area (Å²) in [5.41, 5.74) is 0.549. The molecule has 0 bridgehead atoms. The fourth-order valence-corrected chi connectivity index (χ4v) is 2.66. The predicted molar refractivity (Wildman–Crippen MR) is 66.9 cm³/mol. The molecule has 0 spiro atoms.